The minimum absolute atomic E-state index is 0.0414. The van der Waals surface area contributed by atoms with Gasteiger partial charge in [-0.3, -0.25) is 4.55 Å². The first-order valence-corrected chi connectivity index (χ1v) is 7.10. The molecule has 138 valence electrons. The largest absolute Gasteiger partial charge is 0.438 e. The molecule has 1 aromatic carbocycles. The van der Waals surface area contributed by atoms with Gasteiger partial charge in [-0.2, -0.15) is 43.5 Å². The smallest absolute Gasteiger partial charge is 0.281 e. The normalized spacial score (nSPS) is 14.8. The molecular formula is C11H7F9O3S. The highest BCUT2D eigenvalue weighted by molar-refractivity contribution is 7.87. The lowest BCUT2D eigenvalue weighted by Gasteiger charge is -2.35. The van der Waals surface area contributed by atoms with Crippen molar-refractivity contribution < 1.29 is 52.5 Å². The zero-order chi connectivity index (χ0) is 19.4. The standard InChI is InChI=1S/C11H7F9O3S/c1-5-2-3-6(7(12)4-5)8(13,14)9(15,16)10(17,18)11(19,20)24(21,22)23/h2-4H,1H3,(H,21,22,23). The molecule has 0 heterocycles. The fourth-order valence-electron chi connectivity index (χ4n) is 1.59. The second kappa shape index (κ2) is 5.51. The molecule has 0 atom stereocenters. The molecule has 0 spiro atoms. The Hall–Kier alpha value is -1.50. The van der Waals surface area contributed by atoms with Crippen molar-refractivity contribution in [1.29, 1.82) is 0 Å². The predicted molar refractivity (Wildman–Crippen MR) is 61.4 cm³/mol. The first kappa shape index (κ1) is 20.5. The SMILES string of the molecule is Cc1ccc(C(F)(F)C(F)(F)C(F)(F)C(F)(F)S(=O)(=O)O)c(F)c1. The van der Waals surface area contributed by atoms with Crippen LogP contribution in [0.2, 0.25) is 0 Å². The lowest BCUT2D eigenvalue weighted by molar-refractivity contribution is -0.353. The van der Waals surface area contributed by atoms with Gasteiger partial charge in [0.15, 0.2) is 0 Å². The summed E-state index contributed by atoms with van der Waals surface area (Å²) in [7, 11) is -7.19. The van der Waals surface area contributed by atoms with Gasteiger partial charge < -0.3 is 0 Å². The molecule has 0 aromatic heterocycles. The van der Waals surface area contributed by atoms with Gasteiger partial charge >= 0.3 is 33.1 Å². The number of halogens is 9. The third-order valence-electron chi connectivity index (χ3n) is 2.94. The van der Waals surface area contributed by atoms with E-state index < -0.39 is 44.5 Å². The average Bonchev–Trinajstić information content (AvgIpc) is 2.35. The van der Waals surface area contributed by atoms with E-state index in [0.29, 0.717) is 6.07 Å². The summed E-state index contributed by atoms with van der Waals surface area (Å²) in [5.74, 6) is -22.7. The van der Waals surface area contributed by atoms with Gasteiger partial charge in [0.1, 0.15) is 5.82 Å². The Morgan fingerprint density at radius 3 is 1.75 bits per heavy atom. The van der Waals surface area contributed by atoms with E-state index in [1.807, 2.05) is 0 Å². The molecule has 3 nitrogen and oxygen atoms in total. The number of benzene rings is 1. The number of hydrogen-bond acceptors (Lipinski definition) is 2. The van der Waals surface area contributed by atoms with Crippen LogP contribution in [-0.4, -0.2) is 30.1 Å². The summed E-state index contributed by atoms with van der Waals surface area (Å²) in [6.07, 6.45) is 0. The van der Waals surface area contributed by atoms with Crippen LogP contribution < -0.4 is 0 Å². The van der Waals surface area contributed by atoms with Crippen LogP contribution in [-0.2, 0) is 16.0 Å². The highest BCUT2D eigenvalue weighted by atomic mass is 32.2. The van der Waals surface area contributed by atoms with Crippen molar-refractivity contribution in [3.05, 3.63) is 35.1 Å². The van der Waals surface area contributed by atoms with Gasteiger partial charge in [-0.25, -0.2) is 4.39 Å². The molecule has 1 N–H and O–H groups in total. The molecule has 0 aliphatic carbocycles. The van der Waals surface area contributed by atoms with Gasteiger partial charge in [0, 0.05) is 0 Å². The Morgan fingerprint density at radius 2 is 1.38 bits per heavy atom. The molecule has 0 saturated carbocycles. The van der Waals surface area contributed by atoms with E-state index in [2.05, 4.69) is 0 Å². The van der Waals surface area contributed by atoms with Crippen LogP contribution in [0, 0.1) is 12.7 Å². The van der Waals surface area contributed by atoms with Crippen LogP contribution in [0.5, 0.6) is 0 Å². The zero-order valence-electron chi connectivity index (χ0n) is 11.3. The van der Waals surface area contributed by atoms with Gasteiger partial charge in [-0.05, 0) is 24.6 Å². The summed E-state index contributed by atoms with van der Waals surface area (Å²) in [6.45, 7) is 1.13. The number of hydrogen-bond donors (Lipinski definition) is 1. The van der Waals surface area contributed by atoms with Crippen molar-refractivity contribution in [2.75, 3.05) is 0 Å². The summed E-state index contributed by atoms with van der Waals surface area (Å²) in [6, 6.07) is 0.820. The predicted octanol–water partition coefficient (Wildman–Crippen LogP) is 3.98. The minimum Gasteiger partial charge on any atom is -0.281 e. The van der Waals surface area contributed by atoms with Gasteiger partial charge in [-0.1, -0.05) is 6.07 Å². The van der Waals surface area contributed by atoms with Crippen LogP contribution in [0.4, 0.5) is 39.5 Å². The Kier molecular flexibility index (Phi) is 4.72. The van der Waals surface area contributed by atoms with Gasteiger partial charge in [0.05, 0.1) is 5.56 Å². The van der Waals surface area contributed by atoms with Gasteiger partial charge in [0.2, 0.25) is 0 Å². The van der Waals surface area contributed by atoms with Crippen LogP contribution in [0.3, 0.4) is 0 Å². The number of alkyl halides is 8. The summed E-state index contributed by atoms with van der Waals surface area (Å²) in [4.78, 5) is 0. The lowest BCUT2D eigenvalue weighted by Crippen LogP contribution is -2.63. The Bertz CT molecular complexity index is 743. The third-order valence-corrected chi connectivity index (χ3v) is 3.85. The second-order valence-corrected chi connectivity index (χ2v) is 6.16. The van der Waals surface area contributed by atoms with E-state index in [0.717, 1.165) is 6.92 Å². The van der Waals surface area contributed by atoms with Gasteiger partial charge in [-0.15, -0.1) is 0 Å². The maximum absolute atomic E-state index is 13.7. The van der Waals surface area contributed by atoms with E-state index in [-0.39, 0.29) is 17.7 Å². The average molecular weight is 390 g/mol. The molecule has 0 bridgehead atoms. The quantitative estimate of drug-likeness (QED) is 0.612. The first-order valence-electron chi connectivity index (χ1n) is 5.66. The molecule has 1 aromatic rings. The van der Waals surface area contributed by atoms with E-state index in [4.69, 9.17) is 4.55 Å². The van der Waals surface area contributed by atoms with E-state index in [9.17, 15) is 47.9 Å². The molecule has 0 unspecified atom stereocenters. The van der Waals surface area contributed by atoms with Crippen molar-refractivity contribution in [2.45, 2.75) is 29.9 Å². The topological polar surface area (TPSA) is 54.4 Å². The Balaban J connectivity index is 3.61. The van der Waals surface area contributed by atoms with Crippen molar-refractivity contribution in [2.24, 2.45) is 0 Å². The first-order chi connectivity index (χ1) is 10.4. The molecule has 0 aliphatic rings. The summed E-state index contributed by atoms with van der Waals surface area (Å²) in [5, 5.41) is -6.96. The summed E-state index contributed by atoms with van der Waals surface area (Å²) < 4.78 is 148. The summed E-state index contributed by atoms with van der Waals surface area (Å²) >= 11 is 0. The fourth-order valence-corrected chi connectivity index (χ4v) is 2.04. The van der Waals surface area contributed by atoms with E-state index >= 15 is 0 Å². The summed E-state index contributed by atoms with van der Waals surface area (Å²) in [5.41, 5.74) is -2.44. The Morgan fingerprint density at radius 1 is 0.917 bits per heavy atom. The molecule has 0 radical (unpaired) electrons. The molecule has 0 saturated heterocycles. The van der Waals surface area contributed by atoms with Crippen LogP contribution in [0.25, 0.3) is 0 Å². The highest BCUT2D eigenvalue weighted by Gasteiger charge is 2.84. The van der Waals surface area contributed by atoms with Crippen molar-refractivity contribution in [3.63, 3.8) is 0 Å². The van der Waals surface area contributed by atoms with Crippen molar-refractivity contribution in [1.82, 2.24) is 0 Å². The van der Waals surface area contributed by atoms with E-state index in [1.54, 1.807) is 0 Å². The molecular weight excluding hydrogens is 383 g/mol. The Labute approximate surface area is 128 Å². The van der Waals surface area contributed by atoms with E-state index in [1.165, 1.54) is 0 Å². The van der Waals surface area contributed by atoms with Crippen LogP contribution in [0.1, 0.15) is 11.1 Å². The zero-order valence-corrected chi connectivity index (χ0v) is 12.1. The maximum atomic E-state index is 13.7. The van der Waals surface area contributed by atoms with Crippen LogP contribution in [0.15, 0.2) is 18.2 Å². The molecule has 0 aliphatic heterocycles. The molecule has 0 amide bonds. The van der Waals surface area contributed by atoms with Gasteiger partial charge in [0.25, 0.3) is 0 Å². The third kappa shape index (κ3) is 2.72. The second-order valence-electron chi connectivity index (χ2n) is 4.70. The molecule has 13 heteroatoms. The molecule has 24 heavy (non-hydrogen) atoms. The van der Waals surface area contributed by atoms with Crippen LogP contribution >= 0.6 is 0 Å². The number of aryl methyl sites for hydroxylation is 1. The molecule has 1 rings (SSSR count). The highest BCUT2D eigenvalue weighted by Crippen LogP contribution is 2.57. The molecule has 0 fully saturated rings. The van der Waals surface area contributed by atoms with Crippen molar-refractivity contribution >= 4 is 10.1 Å². The lowest BCUT2D eigenvalue weighted by atomic mass is 9.96. The monoisotopic (exact) mass is 390 g/mol. The minimum atomic E-state index is -7.27. The maximum Gasteiger partial charge on any atom is 0.438 e. The number of rotatable bonds is 5. The van der Waals surface area contributed by atoms with Crippen molar-refractivity contribution in [3.8, 4) is 0 Å². The fraction of sp³-hybridized carbons (Fsp3) is 0.455.